The molecule has 1 heteroatoms. The quantitative estimate of drug-likeness (QED) is 0.557. The Hall–Kier alpha value is -0.157. The molecule has 0 aromatic carbocycles. The summed E-state index contributed by atoms with van der Waals surface area (Å²) in [6.07, 6.45) is 20.0. The first-order valence-corrected chi connectivity index (χ1v) is 5.29. The van der Waals surface area contributed by atoms with Gasteiger partial charge in [-0.1, -0.05) is 20.8 Å². The molecule has 92 valence electrons. The summed E-state index contributed by atoms with van der Waals surface area (Å²) in [7, 11) is 0. The van der Waals surface area contributed by atoms with Gasteiger partial charge < -0.3 is 14.4 Å². The minimum atomic E-state index is 0. The first-order chi connectivity index (χ1) is 7.00. The van der Waals surface area contributed by atoms with Gasteiger partial charge in [0.15, 0.2) is 0 Å². The molecule has 2 rings (SSSR count). The van der Waals surface area contributed by atoms with Crippen molar-refractivity contribution in [1.82, 2.24) is 0 Å². The van der Waals surface area contributed by atoms with Gasteiger partial charge in [0.1, 0.15) is 0 Å². The van der Waals surface area contributed by atoms with Gasteiger partial charge in [0.05, 0.1) is 0 Å². The molecule has 0 spiro atoms. The van der Waals surface area contributed by atoms with E-state index in [1.165, 1.54) is 0 Å². The predicted octanol–water partition coefficient (Wildman–Crippen LogP) is 4.93. The summed E-state index contributed by atoms with van der Waals surface area (Å²) in [5.41, 5.74) is 0.250. The first-order valence-electron chi connectivity index (χ1n) is 5.29. The molecule has 17 heavy (non-hydrogen) atoms. The van der Waals surface area contributed by atoms with Crippen LogP contribution in [0.1, 0.15) is 33.6 Å². The van der Waals surface area contributed by atoms with Crippen molar-refractivity contribution < 1.29 is 26.2 Å². The summed E-state index contributed by atoms with van der Waals surface area (Å²) < 4.78 is 0. The molecule has 0 unspecified atom stereocenters. The molecule has 0 bridgehead atoms. The van der Waals surface area contributed by atoms with Gasteiger partial charge in [0.25, 0.3) is 0 Å². The minimum absolute atomic E-state index is 0. The molecular formula is C16H24Zr. The molecule has 2 aliphatic rings. The molecule has 0 heterocycles. The third kappa shape index (κ3) is 31.3. The zero-order chi connectivity index (χ0) is 11.6. The van der Waals surface area contributed by atoms with Gasteiger partial charge in [0.2, 0.25) is 0 Å². The van der Waals surface area contributed by atoms with Crippen molar-refractivity contribution in [2.75, 3.05) is 0 Å². The standard InChI is InChI=1S/2C5H5.C5H11.CH3.Zr/c2*1-2-4-5-3-1;1-5(2,3)4;;/h2*1-3H,4H2;1H2,2-4H3;1H3;/q4*-1;+4. The van der Waals surface area contributed by atoms with Gasteiger partial charge in [-0.25, -0.2) is 24.3 Å². The third-order valence-corrected chi connectivity index (χ3v) is 1.17. The Morgan fingerprint density at radius 2 is 1.24 bits per heavy atom. The Labute approximate surface area is 128 Å². The van der Waals surface area contributed by atoms with Crippen LogP contribution in [-0.4, -0.2) is 0 Å². The van der Waals surface area contributed by atoms with Crippen molar-refractivity contribution in [2.24, 2.45) is 5.41 Å². The molecule has 2 aliphatic carbocycles. The normalized spacial score (nSPS) is 13.9. The van der Waals surface area contributed by atoms with Crippen molar-refractivity contribution in [2.45, 2.75) is 33.6 Å². The number of allylic oxidation sites excluding steroid dienone is 8. The van der Waals surface area contributed by atoms with E-state index in [1.807, 2.05) is 24.3 Å². The van der Waals surface area contributed by atoms with E-state index in [0.717, 1.165) is 12.8 Å². The second kappa shape index (κ2) is 13.9. The van der Waals surface area contributed by atoms with Crippen LogP contribution in [0.15, 0.2) is 36.5 Å². The molecule has 0 aliphatic heterocycles. The van der Waals surface area contributed by atoms with Crippen molar-refractivity contribution >= 4 is 0 Å². The topological polar surface area (TPSA) is 0 Å². The van der Waals surface area contributed by atoms with E-state index in [2.05, 4.69) is 52.0 Å². The van der Waals surface area contributed by atoms with Gasteiger partial charge in [-0.05, 0) is 0 Å². The summed E-state index contributed by atoms with van der Waals surface area (Å²) in [6.45, 7) is 10.0. The number of rotatable bonds is 0. The molecule has 0 saturated carbocycles. The monoisotopic (exact) mass is 306 g/mol. The molecule has 0 atom stereocenters. The molecule has 0 nitrogen and oxygen atoms in total. The SMILES string of the molecule is [C-]1=CC=CC1.[C-]1=CC=CC1.[CH2-]C(C)(C)C.[CH3-].[Zr+4]. The molecule has 0 saturated heterocycles. The van der Waals surface area contributed by atoms with Crippen LogP contribution in [0.2, 0.25) is 0 Å². The van der Waals surface area contributed by atoms with Crippen molar-refractivity contribution in [3.05, 3.63) is 63.0 Å². The zero-order valence-electron chi connectivity index (χ0n) is 11.6. The van der Waals surface area contributed by atoms with Crippen LogP contribution >= 0.6 is 0 Å². The van der Waals surface area contributed by atoms with Crippen LogP contribution in [0, 0.1) is 31.9 Å². The van der Waals surface area contributed by atoms with Crippen LogP contribution in [0.3, 0.4) is 0 Å². The molecule has 0 amide bonds. The molecule has 0 fully saturated rings. The molecule has 0 radical (unpaired) electrons. The average Bonchev–Trinajstić information content (AvgIpc) is 2.81. The predicted molar refractivity (Wildman–Crippen MR) is 74.4 cm³/mol. The largest absolute Gasteiger partial charge is 4.00 e. The van der Waals surface area contributed by atoms with Crippen LogP contribution in [0.4, 0.5) is 0 Å². The maximum Gasteiger partial charge on any atom is 4.00 e. The van der Waals surface area contributed by atoms with E-state index >= 15 is 0 Å². The van der Waals surface area contributed by atoms with Gasteiger partial charge in [-0.15, -0.1) is 12.8 Å². The fraction of sp³-hybridized carbons (Fsp3) is 0.375. The van der Waals surface area contributed by atoms with E-state index in [9.17, 15) is 0 Å². The van der Waals surface area contributed by atoms with Gasteiger partial charge in [0, 0.05) is 0 Å². The van der Waals surface area contributed by atoms with Crippen LogP contribution in [0.25, 0.3) is 0 Å². The Balaban J connectivity index is -0.000000163. The maximum atomic E-state index is 3.77. The zero-order valence-corrected chi connectivity index (χ0v) is 14.0. The van der Waals surface area contributed by atoms with Crippen LogP contribution < -0.4 is 0 Å². The Bertz CT molecular complexity index is 201. The van der Waals surface area contributed by atoms with Crippen molar-refractivity contribution in [1.29, 1.82) is 0 Å². The average molecular weight is 308 g/mol. The van der Waals surface area contributed by atoms with Gasteiger partial charge in [-0.3, -0.25) is 12.2 Å². The van der Waals surface area contributed by atoms with Crippen LogP contribution in [-0.2, 0) is 26.2 Å². The van der Waals surface area contributed by atoms with Crippen LogP contribution in [0.5, 0.6) is 0 Å². The molecule has 0 aromatic rings. The fourth-order valence-electron chi connectivity index (χ4n) is 0.680. The molecule has 0 aromatic heterocycles. The van der Waals surface area contributed by atoms with Gasteiger partial charge in [-0.2, -0.15) is 17.6 Å². The fourth-order valence-corrected chi connectivity index (χ4v) is 0.680. The summed E-state index contributed by atoms with van der Waals surface area (Å²) in [4.78, 5) is 0. The number of hydrogen-bond donors (Lipinski definition) is 0. The maximum absolute atomic E-state index is 3.77. The van der Waals surface area contributed by atoms with Crippen molar-refractivity contribution in [3.8, 4) is 0 Å². The van der Waals surface area contributed by atoms with Crippen molar-refractivity contribution in [3.63, 3.8) is 0 Å². The van der Waals surface area contributed by atoms with E-state index < -0.39 is 0 Å². The molecule has 0 N–H and O–H groups in total. The van der Waals surface area contributed by atoms with Gasteiger partial charge >= 0.3 is 26.2 Å². The van der Waals surface area contributed by atoms with E-state index in [0.29, 0.717) is 0 Å². The Kier molecular flexibility index (Phi) is 18.0. The summed E-state index contributed by atoms with van der Waals surface area (Å²) >= 11 is 0. The second-order valence-corrected chi connectivity index (χ2v) is 4.57. The summed E-state index contributed by atoms with van der Waals surface area (Å²) in [5, 5.41) is 0. The third-order valence-electron chi connectivity index (χ3n) is 1.17. The second-order valence-electron chi connectivity index (χ2n) is 4.57. The van der Waals surface area contributed by atoms with E-state index in [1.54, 1.807) is 0 Å². The Morgan fingerprint density at radius 1 is 0.941 bits per heavy atom. The number of hydrogen-bond acceptors (Lipinski definition) is 0. The molecular weight excluding hydrogens is 283 g/mol. The Morgan fingerprint density at radius 3 is 1.29 bits per heavy atom. The first kappa shape index (κ1) is 22.1. The van der Waals surface area contributed by atoms with E-state index in [-0.39, 0.29) is 39.0 Å². The minimum Gasteiger partial charge on any atom is -0.358 e. The summed E-state index contributed by atoms with van der Waals surface area (Å²) in [6, 6.07) is 0. The summed E-state index contributed by atoms with van der Waals surface area (Å²) in [5.74, 6) is 0. The van der Waals surface area contributed by atoms with E-state index in [4.69, 9.17) is 0 Å². The smallest absolute Gasteiger partial charge is 0.358 e.